The Morgan fingerprint density at radius 1 is 1.23 bits per heavy atom. The van der Waals surface area contributed by atoms with Gasteiger partial charge in [0.2, 0.25) is 5.91 Å². The van der Waals surface area contributed by atoms with Gasteiger partial charge in [0, 0.05) is 11.4 Å². The second-order valence-electron chi connectivity index (χ2n) is 5.54. The van der Waals surface area contributed by atoms with Crippen molar-refractivity contribution in [3.8, 4) is 5.75 Å². The van der Waals surface area contributed by atoms with Crippen LogP contribution in [-0.2, 0) is 16.1 Å². The van der Waals surface area contributed by atoms with E-state index in [1.54, 1.807) is 13.2 Å². The number of aliphatic hydroxyl groups excluding tert-OH is 1. The summed E-state index contributed by atoms with van der Waals surface area (Å²) in [5, 5.41) is 13.2. The van der Waals surface area contributed by atoms with E-state index in [1.165, 1.54) is 11.8 Å². The maximum absolute atomic E-state index is 11.8. The Morgan fingerprint density at radius 3 is 2.65 bits per heavy atom. The molecule has 26 heavy (non-hydrogen) atoms. The monoisotopic (exact) mass is 395 g/mol. The summed E-state index contributed by atoms with van der Waals surface area (Å²) in [6.45, 7) is 0.672. The molecule has 0 saturated heterocycles. The Kier molecular flexibility index (Phi) is 8.77. The number of aliphatic hydroxyl groups is 1. The first-order valence-corrected chi connectivity index (χ1v) is 9.47. The van der Waals surface area contributed by atoms with Crippen LogP contribution in [0.25, 0.3) is 0 Å². The largest absolute Gasteiger partial charge is 0.497 e. The quantitative estimate of drug-likeness (QED) is 0.605. The highest BCUT2D eigenvalue weighted by atomic mass is 35.5. The molecular formula is C19H22ClNO4S. The van der Waals surface area contributed by atoms with Crippen LogP contribution in [-0.4, -0.2) is 43.1 Å². The number of amides is 1. The summed E-state index contributed by atoms with van der Waals surface area (Å²) < 4.78 is 10.6. The minimum Gasteiger partial charge on any atom is -0.497 e. The molecule has 0 radical (unpaired) electrons. The molecule has 1 unspecified atom stereocenters. The Morgan fingerprint density at radius 2 is 1.96 bits per heavy atom. The molecule has 0 saturated carbocycles. The molecule has 0 bridgehead atoms. The predicted octanol–water partition coefficient (Wildman–Crippen LogP) is 3.13. The molecule has 1 amide bonds. The highest BCUT2D eigenvalue weighted by molar-refractivity contribution is 8.00. The molecule has 0 spiro atoms. The first-order chi connectivity index (χ1) is 12.6. The van der Waals surface area contributed by atoms with Gasteiger partial charge in [0.1, 0.15) is 5.75 Å². The number of rotatable bonds is 10. The summed E-state index contributed by atoms with van der Waals surface area (Å²) in [5.41, 5.74) is 0.984. The average molecular weight is 396 g/mol. The highest BCUT2D eigenvalue weighted by Gasteiger charge is 2.09. The lowest BCUT2D eigenvalue weighted by Crippen LogP contribution is -2.35. The number of benzene rings is 2. The minimum absolute atomic E-state index is 0.143. The van der Waals surface area contributed by atoms with Crippen molar-refractivity contribution >= 4 is 29.3 Å². The van der Waals surface area contributed by atoms with Crippen LogP contribution in [0.4, 0.5) is 0 Å². The summed E-state index contributed by atoms with van der Waals surface area (Å²) in [4.78, 5) is 12.7. The SMILES string of the molecule is COc1ccc(COCC(O)CNC(=O)CSc2ccccc2Cl)cc1. The van der Waals surface area contributed by atoms with Gasteiger partial charge in [-0.15, -0.1) is 11.8 Å². The van der Waals surface area contributed by atoms with E-state index < -0.39 is 6.10 Å². The van der Waals surface area contributed by atoms with Gasteiger partial charge in [0.15, 0.2) is 0 Å². The van der Waals surface area contributed by atoms with Gasteiger partial charge >= 0.3 is 0 Å². The van der Waals surface area contributed by atoms with Crippen LogP contribution in [0.5, 0.6) is 5.75 Å². The molecule has 0 aliphatic heterocycles. The van der Waals surface area contributed by atoms with Crippen molar-refractivity contribution < 1.29 is 19.4 Å². The third-order valence-electron chi connectivity index (χ3n) is 3.47. The summed E-state index contributed by atoms with van der Waals surface area (Å²) in [5.74, 6) is 0.860. The van der Waals surface area contributed by atoms with Crippen molar-refractivity contribution in [1.82, 2.24) is 5.32 Å². The lowest BCUT2D eigenvalue weighted by Gasteiger charge is -2.13. The zero-order valence-corrected chi connectivity index (χ0v) is 16.1. The summed E-state index contributed by atoms with van der Waals surface area (Å²) in [7, 11) is 1.61. The number of carbonyl (C=O) groups is 1. The molecule has 2 aromatic rings. The van der Waals surface area contributed by atoms with E-state index in [0.29, 0.717) is 11.6 Å². The zero-order chi connectivity index (χ0) is 18.8. The van der Waals surface area contributed by atoms with Crippen LogP contribution in [0.2, 0.25) is 5.02 Å². The number of hydrogen-bond donors (Lipinski definition) is 2. The van der Waals surface area contributed by atoms with Gasteiger partial charge in [-0.3, -0.25) is 4.79 Å². The molecule has 7 heteroatoms. The van der Waals surface area contributed by atoms with Crippen LogP contribution in [0, 0.1) is 0 Å². The maximum atomic E-state index is 11.8. The van der Waals surface area contributed by atoms with E-state index >= 15 is 0 Å². The molecule has 0 aliphatic rings. The Hall–Kier alpha value is -1.73. The third kappa shape index (κ3) is 7.25. The molecule has 2 aromatic carbocycles. The van der Waals surface area contributed by atoms with Crippen LogP contribution in [0.1, 0.15) is 5.56 Å². The van der Waals surface area contributed by atoms with Gasteiger partial charge in [-0.05, 0) is 29.8 Å². The molecule has 0 heterocycles. The summed E-state index contributed by atoms with van der Waals surface area (Å²) >= 11 is 7.40. The number of thioether (sulfide) groups is 1. The van der Waals surface area contributed by atoms with Crippen LogP contribution in [0.3, 0.4) is 0 Å². The Balaban J connectivity index is 1.60. The van der Waals surface area contributed by atoms with Crippen molar-refractivity contribution in [3.63, 3.8) is 0 Å². The normalized spacial score (nSPS) is 11.8. The molecule has 0 aromatic heterocycles. The third-order valence-corrected chi connectivity index (χ3v) is 4.98. The Labute approximate surface area is 162 Å². The molecule has 5 nitrogen and oxygen atoms in total. The van der Waals surface area contributed by atoms with E-state index in [2.05, 4.69) is 5.32 Å². The molecular weight excluding hydrogens is 374 g/mol. The van der Waals surface area contributed by atoms with Gasteiger partial charge < -0.3 is 19.9 Å². The van der Waals surface area contributed by atoms with Gasteiger partial charge in [-0.2, -0.15) is 0 Å². The van der Waals surface area contributed by atoms with E-state index in [4.69, 9.17) is 21.1 Å². The van der Waals surface area contributed by atoms with Crippen LogP contribution in [0.15, 0.2) is 53.4 Å². The molecule has 2 rings (SSSR count). The first-order valence-electron chi connectivity index (χ1n) is 8.11. The molecule has 2 N–H and O–H groups in total. The lowest BCUT2D eigenvalue weighted by molar-refractivity contribution is -0.119. The summed E-state index contributed by atoms with van der Waals surface area (Å²) in [6, 6.07) is 14.9. The second-order valence-corrected chi connectivity index (χ2v) is 6.96. The van der Waals surface area contributed by atoms with E-state index in [1.807, 2.05) is 42.5 Å². The topological polar surface area (TPSA) is 67.8 Å². The molecule has 140 valence electrons. The number of nitrogens with one attached hydrogen (secondary N) is 1. The van der Waals surface area contributed by atoms with Crippen molar-refractivity contribution in [2.75, 3.05) is 26.0 Å². The van der Waals surface area contributed by atoms with Crippen molar-refractivity contribution in [1.29, 1.82) is 0 Å². The average Bonchev–Trinajstić information content (AvgIpc) is 2.66. The number of carbonyl (C=O) groups excluding carboxylic acids is 1. The fraction of sp³-hybridized carbons (Fsp3) is 0.316. The van der Waals surface area contributed by atoms with Gasteiger partial charge in [0.05, 0.1) is 37.2 Å². The fourth-order valence-electron chi connectivity index (χ4n) is 2.08. The van der Waals surface area contributed by atoms with Crippen molar-refractivity contribution in [2.45, 2.75) is 17.6 Å². The highest BCUT2D eigenvalue weighted by Crippen LogP contribution is 2.26. The van der Waals surface area contributed by atoms with Crippen molar-refractivity contribution in [3.05, 3.63) is 59.1 Å². The van der Waals surface area contributed by atoms with Gasteiger partial charge in [-0.1, -0.05) is 35.9 Å². The molecule has 0 fully saturated rings. The van der Waals surface area contributed by atoms with E-state index in [-0.39, 0.29) is 24.8 Å². The van der Waals surface area contributed by atoms with Gasteiger partial charge in [-0.25, -0.2) is 0 Å². The number of ether oxygens (including phenoxy) is 2. The second kappa shape index (κ2) is 11.1. The molecule has 0 aliphatic carbocycles. The summed E-state index contributed by atoms with van der Waals surface area (Å²) in [6.07, 6.45) is -0.762. The van der Waals surface area contributed by atoms with E-state index in [0.717, 1.165) is 16.2 Å². The maximum Gasteiger partial charge on any atom is 0.230 e. The van der Waals surface area contributed by atoms with Crippen LogP contribution >= 0.6 is 23.4 Å². The molecule has 1 atom stereocenters. The van der Waals surface area contributed by atoms with Crippen molar-refractivity contribution in [2.24, 2.45) is 0 Å². The Bertz CT molecular complexity index is 696. The number of methoxy groups -OCH3 is 1. The van der Waals surface area contributed by atoms with E-state index in [9.17, 15) is 9.90 Å². The minimum atomic E-state index is -0.762. The van der Waals surface area contributed by atoms with Crippen LogP contribution < -0.4 is 10.1 Å². The van der Waals surface area contributed by atoms with Gasteiger partial charge in [0.25, 0.3) is 0 Å². The smallest absolute Gasteiger partial charge is 0.230 e. The lowest BCUT2D eigenvalue weighted by atomic mass is 10.2. The first kappa shape index (κ1) is 20.6. The standard InChI is InChI=1S/C19H22ClNO4S/c1-24-16-8-6-14(7-9-16)11-25-12-15(22)10-21-19(23)13-26-18-5-3-2-4-17(18)20/h2-9,15,22H,10-13H2,1H3,(H,21,23). The zero-order valence-electron chi connectivity index (χ0n) is 14.5. The number of halogens is 1. The fourth-order valence-corrected chi connectivity index (χ4v) is 3.15. The predicted molar refractivity (Wildman–Crippen MR) is 104 cm³/mol. The number of hydrogen-bond acceptors (Lipinski definition) is 5.